The van der Waals surface area contributed by atoms with E-state index in [1.54, 1.807) is 0 Å². The molecule has 0 aliphatic heterocycles. The highest BCUT2D eigenvalue weighted by molar-refractivity contribution is 5.80. The van der Waals surface area contributed by atoms with Crippen LogP contribution < -0.4 is 5.32 Å². The number of hydrogen-bond donors (Lipinski definition) is 1. The Hall–Kier alpha value is -1.57. The van der Waals surface area contributed by atoms with Crippen molar-refractivity contribution >= 4 is 16.7 Å². The second kappa shape index (κ2) is 4.97. The highest BCUT2D eigenvalue weighted by atomic mass is 15.0. The van der Waals surface area contributed by atoms with E-state index in [0.29, 0.717) is 5.92 Å². The molecule has 2 nitrogen and oxygen atoms in total. The Labute approximate surface area is 109 Å². The van der Waals surface area contributed by atoms with E-state index in [9.17, 15) is 0 Å². The molecular formula is C16H22N2. The van der Waals surface area contributed by atoms with Gasteiger partial charge in [0.05, 0.1) is 5.52 Å². The van der Waals surface area contributed by atoms with Gasteiger partial charge in [0, 0.05) is 11.9 Å². The Balaban J connectivity index is 2.13. The van der Waals surface area contributed by atoms with Crippen LogP contribution in [-0.2, 0) is 0 Å². The summed E-state index contributed by atoms with van der Waals surface area (Å²) in [5.74, 6) is 1.60. The van der Waals surface area contributed by atoms with Crippen LogP contribution in [0.5, 0.6) is 0 Å². The topological polar surface area (TPSA) is 24.9 Å². The third-order valence-corrected chi connectivity index (χ3v) is 3.89. The number of para-hydroxylation sites is 1. The average molecular weight is 242 g/mol. The number of nitrogens with one attached hydrogen (secondary N) is 1. The van der Waals surface area contributed by atoms with Gasteiger partial charge in [-0.3, -0.25) is 0 Å². The lowest BCUT2D eigenvalue weighted by atomic mass is 9.81. The van der Waals surface area contributed by atoms with Gasteiger partial charge in [0.25, 0.3) is 0 Å². The Morgan fingerprint density at radius 2 is 1.83 bits per heavy atom. The second-order valence-corrected chi connectivity index (χ2v) is 5.89. The summed E-state index contributed by atoms with van der Waals surface area (Å²) in [6, 6.07) is 12.4. The van der Waals surface area contributed by atoms with Crippen LogP contribution in [0.15, 0.2) is 36.4 Å². The van der Waals surface area contributed by atoms with Crippen molar-refractivity contribution in [1.29, 1.82) is 0 Å². The van der Waals surface area contributed by atoms with Gasteiger partial charge in [-0.15, -0.1) is 0 Å². The Bertz CT molecular complexity index is 529. The first kappa shape index (κ1) is 12.9. The minimum absolute atomic E-state index is 0.271. The predicted molar refractivity (Wildman–Crippen MR) is 78.9 cm³/mol. The molecule has 0 spiro atoms. The van der Waals surface area contributed by atoms with Crippen molar-refractivity contribution in [2.24, 2.45) is 11.3 Å². The lowest BCUT2D eigenvalue weighted by molar-refractivity contribution is 0.269. The first-order valence-corrected chi connectivity index (χ1v) is 6.59. The first-order chi connectivity index (χ1) is 8.49. The summed E-state index contributed by atoms with van der Waals surface area (Å²) in [5, 5.41) is 4.63. The zero-order valence-corrected chi connectivity index (χ0v) is 11.7. The van der Waals surface area contributed by atoms with Crippen LogP contribution in [0, 0.1) is 11.3 Å². The van der Waals surface area contributed by atoms with E-state index < -0.39 is 0 Å². The Kier molecular flexibility index (Phi) is 3.55. The van der Waals surface area contributed by atoms with Crippen molar-refractivity contribution in [3.8, 4) is 0 Å². The van der Waals surface area contributed by atoms with Gasteiger partial charge in [0.15, 0.2) is 0 Å². The first-order valence-electron chi connectivity index (χ1n) is 6.59. The standard InChI is InChI=1S/C16H22N2/c1-12(2)16(3,4)11-17-15-10-9-13-7-5-6-8-14(13)18-15/h5-10,12H,11H2,1-4H3,(H,17,18). The molecule has 1 aromatic carbocycles. The van der Waals surface area contributed by atoms with Crippen LogP contribution in [-0.4, -0.2) is 11.5 Å². The number of rotatable bonds is 4. The molecule has 18 heavy (non-hydrogen) atoms. The van der Waals surface area contributed by atoms with Crippen LogP contribution in [0.1, 0.15) is 27.7 Å². The van der Waals surface area contributed by atoms with Gasteiger partial charge in [-0.25, -0.2) is 4.98 Å². The molecule has 0 bridgehead atoms. The maximum absolute atomic E-state index is 4.63. The SMILES string of the molecule is CC(C)C(C)(C)CNc1ccc2ccccc2n1. The maximum atomic E-state index is 4.63. The molecule has 96 valence electrons. The smallest absolute Gasteiger partial charge is 0.126 e. The Morgan fingerprint density at radius 1 is 1.11 bits per heavy atom. The van der Waals surface area contributed by atoms with E-state index >= 15 is 0 Å². The molecule has 1 N–H and O–H groups in total. The van der Waals surface area contributed by atoms with Crippen molar-refractivity contribution in [2.75, 3.05) is 11.9 Å². The van der Waals surface area contributed by atoms with Crippen molar-refractivity contribution in [3.63, 3.8) is 0 Å². The van der Waals surface area contributed by atoms with E-state index in [2.05, 4.69) is 56.2 Å². The summed E-state index contributed by atoms with van der Waals surface area (Å²) in [4.78, 5) is 4.63. The minimum Gasteiger partial charge on any atom is -0.370 e. The highest BCUT2D eigenvalue weighted by Crippen LogP contribution is 2.26. The molecular weight excluding hydrogens is 220 g/mol. The van der Waals surface area contributed by atoms with E-state index in [0.717, 1.165) is 17.9 Å². The summed E-state index contributed by atoms with van der Waals surface area (Å²) in [6.07, 6.45) is 0. The number of nitrogens with zero attached hydrogens (tertiary/aromatic N) is 1. The predicted octanol–water partition coefficient (Wildman–Crippen LogP) is 4.33. The largest absolute Gasteiger partial charge is 0.370 e. The number of hydrogen-bond acceptors (Lipinski definition) is 2. The monoisotopic (exact) mass is 242 g/mol. The molecule has 0 radical (unpaired) electrons. The molecule has 0 aliphatic rings. The molecule has 0 unspecified atom stereocenters. The highest BCUT2D eigenvalue weighted by Gasteiger charge is 2.21. The van der Waals surface area contributed by atoms with Gasteiger partial charge in [-0.05, 0) is 29.5 Å². The fourth-order valence-electron chi connectivity index (χ4n) is 1.69. The maximum Gasteiger partial charge on any atom is 0.126 e. The molecule has 2 rings (SSSR count). The second-order valence-electron chi connectivity index (χ2n) is 5.89. The molecule has 0 fully saturated rings. The zero-order chi connectivity index (χ0) is 13.2. The van der Waals surface area contributed by atoms with Crippen molar-refractivity contribution in [1.82, 2.24) is 4.98 Å². The minimum atomic E-state index is 0.271. The summed E-state index contributed by atoms with van der Waals surface area (Å²) in [6.45, 7) is 10.0. The third-order valence-electron chi connectivity index (χ3n) is 3.89. The van der Waals surface area contributed by atoms with Crippen LogP contribution in [0.2, 0.25) is 0 Å². The van der Waals surface area contributed by atoms with Gasteiger partial charge in [-0.1, -0.05) is 45.9 Å². The van der Waals surface area contributed by atoms with E-state index in [1.165, 1.54) is 5.39 Å². The Morgan fingerprint density at radius 3 is 2.56 bits per heavy atom. The summed E-state index contributed by atoms with van der Waals surface area (Å²) >= 11 is 0. The van der Waals surface area contributed by atoms with Crippen molar-refractivity contribution < 1.29 is 0 Å². The van der Waals surface area contributed by atoms with Crippen LogP contribution in [0.4, 0.5) is 5.82 Å². The fraction of sp³-hybridized carbons (Fsp3) is 0.438. The number of fused-ring (bicyclic) bond motifs is 1. The number of anilines is 1. The van der Waals surface area contributed by atoms with E-state index in [4.69, 9.17) is 0 Å². The van der Waals surface area contributed by atoms with Gasteiger partial charge in [0.2, 0.25) is 0 Å². The lowest BCUT2D eigenvalue weighted by Crippen LogP contribution is -2.28. The van der Waals surface area contributed by atoms with Gasteiger partial charge in [0.1, 0.15) is 5.82 Å². The molecule has 0 atom stereocenters. The molecule has 1 aromatic heterocycles. The van der Waals surface area contributed by atoms with Gasteiger partial charge in [-0.2, -0.15) is 0 Å². The molecule has 0 aliphatic carbocycles. The quantitative estimate of drug-likeness (QED) is 0.863. The molecule has 2 heteroatoms. The normalized spacial score (nSPS) is 12.1. The van der Waals surface area contributed by atoms with Crippen molar-refractivity contribution in [2.45, 2.75) is 27.7 Å². The summed E-state index contributed by atoms with van der Waals surface area (Å²) in [7, 11) is 0. The van der Waals surface area contributed by atoms with Crippen LogP contribution in [0.3, 0.4) is 0 Å². The van der Waals surface area contributed by atoms with Gasteiger partial charge < -0.3 is 5.32 Å². The average Bonchev–Trinajstić information content (AvgIpc) is 2.36. The van der Waals surface area contributed by atoms with Gasteiger partial charge >= 0.3 is 0 Å². The molecule has 0 saturated carbocycles. The van der Waals surface area contributed by atoms with Crippen LogP contribution in [0.25, 0.3) is 10.9 Å². The molecule has 2 aromatic rings. The molecule has 0 saturated heterocycles. The van der Waals surface area contributed by atoms with Crippen LogP contribution >= 0.6 is 0 Å². The molecule has 1 heterocycles. The molecule has 0 amide bonds. The summed E-state index contributed by atoms with van der Waals surface area (Å²) < 4.78 is 0. The van der Waals surface area contributed by atoms with E-state index in [-0.39, 0.29) is 5.41 Å². The zero-order valence-electron chi connectivity index (χ0n) is 11.7. The number of benzene rings is 1. The van der Waals surface area contributed by atoms with E-state index in [1.807, 2.05) is 18.2 Å². The summed E-state index contributed by atoms with van der Waals surface area (Å²) in [5.41, 5.74) is 1.32. The van der Waals surface area contributed by atoms with Crippen molar-refractivity contribution in [3.05, 3.63) is 36.4 Å². The lowest BCUT2D eigenvalue weighted by Gasteiger charge is -2.29. The third kappa shape index (κ3) is 2.81. The number of pyridine rings is 1. The number of aromatic nitrogens is 1. The fourth-order valence-corrected chi connectivity index (χ4v) is 1.69.